The van der Waals surface area contributed by atoms with Gasteiger partial charge < -0.3 is 4.74 Å². The molecule has 0 atom stereocenters. The summed E-state index contributed by atoms with van der Waals surface area (Å²) in [6, 6.07) is 7.44. The first-order valence-electron chi connectivity index (χ1n) is 8.34. The Hall–Kier alpha value is -2.40. The predicted octanol–water partition coefficient (Wildman–Crippen LogP) is 3.51. The fraction of sp³-hybridized carbons (Fsp3) is 0.400. The number of hydrogen-bond acceptors (Lipinski definition) is 4. The van der Waals surface area contributed by atoms with E-state index in [1.54, 1.807) is 27.3 Å². The molecule has 5 heteroatoms. The van der Waals surface area contributed by atoms with Crippen molar-refractivity contribution in [2.45, 2.75) is 27.2 Å². The van der Waals surface area contributed by atoms with Gasteiger partial charge in [0, 0.05) is 24.9 Å². The van der Waals surface area contributed by atoms with Crippen molar-refractivity contribution in [2.24, 2.45) is 5.41 Å². The molecule has 2 amide bonds. The number of ether oxygens (including phenoxy) is 1. The maximum absolute atomic E-state index is 13.2. The van der Waals surface area contributed by atoms with Crippen LogP contribution in [-0.4, -0.2) is 43.0 Å². The van der Waals surface area contributed by atoms with Crippen molar-refractivity contribution in [3.8, 4) is 5.75 Å². The third kappa shape index (κ3) is 2.78. The molecule has 132 valence electrons. The van der Waals surface area contributed by atoms with Crippen LogP contribution in [-0.2, 0) is 6.42 Å². The molecule has 0 fully saturated rings. The SMILES string of the molecule is COc1cc(CC(C)(C)C)c2c3c(cccc13)C(=O)N(N(C)C)C2=O. The zero-order chi connectivity index (χ0) is 18.5. The average Bonchev–Trinajstić information content (AvgIpc) is 2.50. The van der Waals surface area contributed by atoms with E-state index in [4.69, 9.17) is 4.74 Å². The van der Waals surface area contributed by atoms with Crippen LogP contribution < -0.4 is 4.74 Å². The highest BCUT2D eigenvalue weighted by molar-refractivity contribution is 6.26. The second-order valence-corrected chi connectivity index (χ2v) is 7.85. The third-order valence-corrected chi connectivity index (χ3v) is 4.38. The molecule has 0 saturated carbocycles. The highest BCUT2D eigenvalue weighted by atomic mass is 16.5. The summed E-state index contributed by atoms with van der Waals surface area (Å²) in [6.07, 6.45) is 0.712. The van der Waals surface area contributed by atoms with Gasteiger partial charge >= 0.3 is 0 Å². The van der Waals surface area contributed by atoms with Gasteiger partial charge in [-0.2, -0.15) is 0 Å². The number of rotatable bonds is 3. The van der Waals surface area contributed by atoms with Gasteiger partial charge in [-0.05, 0) is 29.5 Å². The van der Waals surface area contributed by atoms with E-state index < -0.39 is 0 Å². The molecule has 3 rings (SSSR count). The van der Waals surface area contributed by atoms with Crippen LogP contribution in [0.3, 0.4) is 0 Å². The Bertz CT molecular complexity index is 879. The van der Waals surface area contributed by atoms with Crippen LogP contribution in [0.4, 0.5) is 0 Å². The summed E-state index contributed by atoms with van der Waals surface area (Å²) in [5.41, 5.74) is 2.05. The fourth-order valence-electron chi connectivity index (χ4n) is 3.47. The zero-order valence-electron chi connectivity index (χ0n) is 15.6. The van der Waals surface area contributed by atoms with Crippen LogP contribution in [0.2, 0.25) is 0 Å². The number of methoxy groups -OCH3 is 1. The fourth-order valence-corrected chi connectivity index (χ4v) is 3.47. The first kappa shape index (κ1) is 17.4. The second kappa shape index (κ2) is 5.85. The van der Waals surface area contributed by atoms with Gasteiger partial charge in [0.05, 0.1) is 18.2 Å². The van der Waals surface area contributed by atoms with Crippen LogP contribution in [0.15, 0.2) is 24.3 Å². The van der Waals surface area contributed by atoms with Gasteiger partial charge in [0.1, 0.15) is 5.75 Å². The number of amides is 2. The van der Waals surface area contributed by atoms with Crippen molar-refractivity contribution < 1.29 is 14.3 Å². The molecule has 0 radical (unpaired) electrons. The summed E-state index contributed by atoms with van der Waals surface area (Å²) >= 11 is 0. The molecule has 0 aromatic heterocycles. The van der Waals surface area contributed by atoms with Gasteiger partial charge in [-0.25, -0.2) is 10.0 Å². The molecular weight excluding hydrogens is 316 g/mol. The van der Waals surface area contributed by atoms with Gasteiger partial charge in [-0.15, -0.1) is 0 Å². The second-order valence-electron chi connectivity index (χ2n) is 7.85. The highest BCUT2D eigenvalue weighted by Crippen LogP contribution is 2.39. The predicted molar refractivity (Wildman–Crippen MR) is 97.8 cm³/mol. The maximum atomic E-state index is 13.2. The first-order valence-corrected chi connectivity index (χ1v) is 8.34. The lowest BCUT2D eigenvalue weighted by Crippen LogP contribution is -2.48. The maximum Gasteiger partial charge on any atom is 0.276 e. The molecule has 1 aliphatic rings. The van der Waals surface area contributed by atoms with Gasteiger partial charge in [-0.1, -0.05) is 32.9 Å². The third-order valence-electron chi connectivity index (χ3n) is 4.38. The van der Waals surface area contributed by atoms with E-state index in [1.165, 1.54) is 10.0 Å². The number of hydrogen-bond donors (Lipinski definition) is 0. The number of hydrazine groups is 1. The van der Waals surface area contributed by atoms with Crippen LogP contribution in [0.25, 0.3) is 10.8 Å². The number of carbonyl (C=O) groups excluding carboxylic acids is 2. The molecule has 0 aliphatic carbocycles. The summed E-state index contributed by atoms with van der Waals surface area (Å²) in [7, 11) is 5.02. The van der Waals surface area contributed by atoms with Crippen molar-refractivity contribution in [3.63, 3.8) is 0 Å². The van der Waals surface area contributed by atoms with Crippen molar-refractivity contribution in [2.75, 3.05) is 21.2 Å². The Labute approximate surface area is 148 Å². The van der Waals surface area contributed by atoms with E-state index >= 15 is 0 Å². The summed E-state index contributed by atoms with van der Waals surface area (Å²) in [6.45, 7) is 6.39. The minimum Gasteiger partial charge on any atom is -0.496 e. The minimum absolute atomic E-state index is 0.00514. The van der Waals surface area contributed by atoms with E-state index in [1.807, 2.05) is 18.2 Å². The van der Waals surface area contributed by atoms with Crippen LogP contribution in [0.1, 0.15) is 47.1 Å². The molecule has 0 saturated heterocycles. The van der Waals surface area contributed by atoms with Gasteiger partial charge in [0.2, 0.25) is 0 Å². The van der Waals surface area contributed by atoms with E-state index in [2.05, 4.69) is 20.8 Å². The molecule has 2 aromatic rings. The lowest BCUT2D eigenvalue weighted by atomic mass is 9.82. The van der Waals surface area contributed by atoms with Crippen molar-refractivity contribution in [1.29, 1.82) is 0 Å². The summed E-state index contributed by atoms with van der Waals surface area (Å²) in [5, 5.41) is 4.25. The molecule has 0 bridgehead atoms. The zero-order valence-corrected chi connectivity index (χ0v) is 15.6. The van der Waals surface area contributed by atoms with Crippen LogP contribution in [0.5, 0.6) is 5.75 Å². The van der Waals surface area contributed by atoms with E-state index in [0.29, 0.717) is 28.7 Å². The number of nitrogens with zero attached hydrogens (tertiary/aromatic N) is 2. The molecule has 0 N–H and O–H groups in total. The van der Waals surface area contributed by atoms with E-state index in [-0.39, 0.29) is 17.2 Å². The number of benzene rings is 2. The van der Waals surface area contributed by atoms with Crippen LogP contribution >= 0.6 is 0 Å². The molecule has 1 aliphatic heterocycles. The lowest BCUT2D eigenvalue weighted by molar-refractivity contribution is 0.0182. The smallest absolute Gasteiger partial charge is 0.276 e. The molecule has 5 nitrogen and oxygen atoms in total. The van der Waals surface area contributed by atoms with Gasteiger partial charge in [0.25, 0.3) is 11.8 Å². The number of imide groups is 1. The molecule has 2 aromatic carbocycles. The topological polar surface area (TPSA) is 49.9 Å². The largest absolute Gasteiger partial charge is 0.496 e. The lowest BCUT2D eigenvalue weighted by Gasteiger charge is -2.33. The molecule has 25 heavy (non-hydrogen) atoms. The molecule has 0 spiro atoms. The summed E-state index contributed by atoms with van der Waals surface area (Å²) in [5.74, 6) is 0.113. The normalized spacial score (nSPS) is 14.6. The van der Waals surface area contributed by atoms with Gasteiger partial charge in [-0.3, -0.25) is 9.59 Å². The van der Waals surface area contributed by atoms with Crippen molar-refractivity contribution >= 4 is 22.6 Å². The quantitative estimate of drug-likeness (QED) is 0.802. The molecule has 0 unspecified atom stereocenters. The molecular formula is C20H24N2O3. The highest BCUT2D eigenvalue weighted by Gasteiger charge is 2.37. The van der Waals surface area contributed by atoms with Crippen molar-refractivity contribution in [3.05, 3.63) is 41.0 Å². The summed E-state index contributed by atoms with van der Waals surface area (Å²) in [4.78, 5) is 26.1. The first-order chi connectivity index (χ1) is 11.7. The average molecular weight is 340 g/mol. The monoisotopic (exact) mass is 340 g/mol. The Kier molecular flexibility index (Phi) is 4.07. The Morgan fingerprint density at radius 1 is 1.12 bits per heavy atom. The van der Waals surface area contributed by atoms with Crippen molar-refractivity contribution in [1.82, 2.24) is 10.0 Å². The van der Waals surface area contributed by atoms with Crippen LogP contribution in [0, 0.1) is 5.41 Å². The Morgan fingerprint density at radius 2 is 1.80 bits per heavy atom. The van der Waals surface area contributed by atoms with Gasteiger partial charge in [0.15, 0.2) is 0 Å². The summed E-state index contributed by atoms with van der Waals surface area (Å²) < 4.78 is 5.56. The molecule has 1 heterocycles. The Balaban J connectivity index is 2.41. The Morgan fingerprint density at radius 3 is 2.36 bits per heavy atom. The van der Waals surface area contributed by atoms with E-state index in [0.717, 1.165) is 10.9 Å². The van der Waals surface area contributed by atoms with E-state index in [9.17, 15) is 9.59 Å². The number of carbonyl (C=O) groups is 2. The standard InChI is InChI=1S/C20H24N2O3/c1-20(2,3)11-12-10-15(25-6)13-8-7-9-14-17(13)16(12)19(24)22(18(14)23)21(4)5/h7-10H,11H2,1-6H3. The minimum atomic E-state index is -0.303.